The summed E-state index contributed by atoms with van der Waals surface area (Å²) in [6.45, 7) is 3.28. The van der Waals surface area contributed by atoms with Crippen LogP contribution in [0, 0.1) is 11.3 Å². The summed E-state index contributed by atoms with van der Waals surface area (Å²) in [5.41, 5.74) is -5.95. The first-order valence-corrected chi connectivity index (χ1v) is 5.96. The molecule has 130 valence electrons. The Kier molecular flexibility index (Phi) is 5.80. The Morgan fingerprint density at radius 2 is 1.36 bits per heavy atom. The van der Waals surface area contributed by atoms with Crippen LogP contribution in [0.1, 0.15) is 20.3 Å². The maximum atomic E-state index is 13.4. The van der Waals surface area contributed by atoms with E-state index < -0.39 is 40.5 Å². The Bertz CT molecular complexity index is 436. The summed E-state index contributed by atoms with van der Waals surface area (Å²) in [7, 11) is 0. The van der Waals surface area contributed by atoms with Crippen LogP contribution in [0.3, 0.4) is 0 Å². The number of carboxylic acid groups (broad SMARTS) is 2. The summed E-state index contributed by atoms with van der Waals surface area (Å²) >= 11 is 4.97. The van der Waals surface area contributed by atoms with E-state index in [2.05, 4.69) is 0 Å². The van der Waals surface area contributed by atoms with Crippen molar-refractivity contribution < 1.29 is 45.7 Å². The van der Waals surface area contributed by atoms with Crippen molar-refractivity contribution in [2.45, 2.75) is 38.3 Å². The highest BCUT2D eigenvalue weighted by Gasteiger charge is 2.74. The van der Waals surface area contributed by atoms with Gasteiger partial charge in [-0.3, -0.25) is 0 Å². The highest BCUT2D eigenvalue weighted by atomic mass is 35.5. The van der Waals surface area contributed by atoms with Gasteiger partial charge in [-0.2, -0.15) is 26.3 Å². The van der Waals surface area contributed by atoms with Gasteiger partial charge in [-0.25, -0.2) is 9.18 Å². The molecule has 22 heavy (non-hydrogen) atoms. The fourth-order valence-electron chi connectivity index (χ4n) is 1.52. The lowest BCUT2D eigenvalue weighted by Gasteiger charge is -2.29. The third kappa shape index (κ3) is 4.65. The molecule has 0 spiro atoms. The van der Waals surface area contributed by atoms with Gasteiger partial charge in [0.2, 0.25) is 0 Å². The van der Waals surface area contributed by atoms with E-state index in [1.54, 1.807) is 13.8 Å². The number of hydrogen-bond acceptors (Lipinski definition) is 1. The monoisotopic (exact) mass is 360 g/mol. The number of halogens is 8. The predicted molar refractivity (Wildman–Crippen MR) is 62.4 cm³/mol. The minimum Gasteiger partial charge on any atom is -0.450 e. The molecule has 1 aliphatic carbocycles. The van der Waals surface area contributed by atoms with Gasteiger partial charge < -0.3 is 10.2 Å². The van der Waals surface area contributed by atoms with Crippen LogP contribution in [0.5, 0.6) is 0 Å². The molecule has 0 aromatic heterocycles. The van der Waals surface area contributed by atoms with E-state index in [9.17, 15) is 30.7 Å². The third-order valence-electron chi connectivity index (χ3n) is 3.05. The van der Waals surface area contributed by atoms with Gasteiger partial charge in [0, 0.05) is 0 Å². The van der Waals surface area contributed by atoms with Gasteiger partial charge in [-0.15, -0.1) is 0 Å². The Labute approximate surface area is 125 Å². The molecule has 1 aliphatic rings. The average Bonchev–Trinajstić information content (AvgIpc) is 2.80. The zero-order valence-corrected chi connectivity index (χ0v) is 11.9. The second kappa shape index (κ2) is 6.13. The minimum absolute atomic E-state index is 0.370. The van der Waals surface area contributed by atoms with Gasteiger partial charge >= 0.3 is 24.2 Å². The van der Waals surface area contributed by atoms with Crippen molar-refractivity contribution in [2.75, 3.05) is 0 Å². The van der Waals surface area contributed by atoms with E-state index in [1.165, 1.54) is 0 Å². The second-order valence-electron chi connectivity index (χ2n) is 5.25. The molecule has 0 aliphatic heterocycles. The lowest BCUT2D eigenvalue weighted by atomic mass is 10.0. The molecular formula is C11H12ClF7O3. The standard InChI is InChI=1S/C10H10ClF7.CH2O3/c1-7(2)4-5(7)3-6(11)8(12,9(13,14)15)10(16,17)18;2-1(3)4/h3,5H,4H2,1-2H3;(H2,2,3,4). The van der Waals surface area contributed by atoms with Crippen molar-refractivity contribution in [3.05, 3.63) is 11.1 Å². The normalized spacial score (nSPS) is 21.7. The first-order valence-electron chi connectivity index (χ1n) is 5.59. The van der Waals surface area contributed by atoms with E-state index in [0.29, 0.717) is 12.5 Å². The summed E-state index contributed by atoms with van der Waals surface area (Å²) < 4.78 is 87.2. The van der Waals surface area contributed by atoms with Crippen molar-refractivity contribution in [1.29, 1.82) is 0 Å². The minimum atomic E-state index is -6.14. The van der Waals surface area contributed by atoms with E-state index >= 15 is 0 Å². The lowest BCUT2D eigenvalue weighted by molar-refractivity contribution is -0.323. The maximum Gasteiger partial charge on any atom is 0.503 e. The third-order valence-corrected chi connectivity index (χ3v) is 3.43. The summed E-state index contributed by atoms with van der Waals surface area (Å²) in [6, 6.07) is 0. The number of rotatable bonds is 2. The SMILES string of the molecule is CC1(C)CC1C=C(Cl)C(F)(C(F)(F)F)C(F)(F)F.O=C(O)O. The van der Waals surface area contributed by atoms with Gasteiger partial charge in [-0.1, -0.05) is 31.5 Å². The van der Waals surface area contributed by atoms with Crippen LogP contribution in [0.25, 0.3) is 0 Å². The largest absolute Gasteiger partial charge is 0.503 e. The maximum absolute atomic E-state index is 13.4. The second-order valence-corrected chi connectivity index (χ2v) is 5.66. The molecule has 0 amide bonds. The summed E-state index contributed by atoms with van der Waals surface area (Å²) in [6.07, 6.45) is -13.2. The Morgan fingerprint density at radius 3 is 1.55 bits per heavy atom. The van der Waals surface area contributed by atoms with Gasteiger partial charge in [-0.05, 0) is 17.8 Å². The van der Waals surface area contributed by atoms with Gasteiger partial charge in [0.1, 0.15) is 0 Å². The zero-order valence-electron chi connectivity index (χ0n) is 11.2. The average molecular weight is 361 g/mol. The smallest absolute Gasteiger partial charge is 0.450 e. The molecule has 0 bridgehead atoms. The highest BCUT2D eigenvalue weighted by molar-refractivity contribution is 6.30. The van der Waals surface area contributed by atoms with E-state index in [0.717, 1.165) is 0 Å². The summed E-state index contributed by atoms with van der Waals surface area (Å²) in [5, 5.41) is 12.1. The van der Waals surface area contributed by atoms with Crippen molar-refractivity contribution in [2.24, 2.45) is 11.3 Å². The molecule has 1 atom stereocenters. The number of allylic oxidation sites excluding steroid dienone is 2. The molecule has 1 unspecified atom stereocenters. The van der Waals surface area contributed by atoms with Crippen LogP contribution >= 0.6 is 11.6 Å². The van der Waals surface area contributed by atoms with Gasteiger partial charge in [0.05, 0.1) is 5.03 Å². The fraction of sp³-hybridized carbons (Fsp3) is 0.727. The zero-order chi connectivity index (χ0) is 18.1. The molecule has 0 heterocycles. The number of carbonyl (C=O) groups is 1. The molecule has 1 rings (SSSR count). The number of alkyl halides is 7. The quantitative estimate of drug-likeness (QED) is 0.665. The first-order chi connectivity index (χ1) is 9.47. The van der Waals surface area contributed by atoms with Gasteiger partial charge in [0.25, 0.3) is 0 Å². The molecule has 0 aromatic carbocycles. The number of hydrogen-bond donors (Lipinski definition) is 2. The molecular weight excluding hydrogens is 349 g/mol. The molecule has 0 aromatic rings. The van der Waals surface area contributed by atoms with Crippen LogP contribution in [0.4, 0.5) is 35.5 Å². The lowest BCUT2D eigenvalue weighted by Crippen LogP contribution is -2.53. The molecule has 11 heteroatoms. The molecule has 0 saturated heterocycles. The van der Waals surface area contributed by atoms with E-state index in [4.69, 9.17) is 26.6 Å². The van der Waals surface area contributed by atoms with Crippen molar-refractivity contribution in [3.63, 3.8) is 0 Å². The molecule has 1 fully saturated rings. The van der Waals surface area contributed by atoms with Crippen LogP contribution in [0.15, 0.2) is 11.1 Å². The topological polar surface area (TPSA) is 57.5 Å². The van der Waals surface area contributed by atoms with Crippen molar-refractivity contribution in [3.8, 4) is 0 Å². The van der Waals surface area contributed by atoms with Crippen LogP contribution < -0.4 is 0 Å². The summed E-state index contributed by atoms with van der Waals surface area (Å²) in [5.74, 6) is -0.579. The Balaban J connectivity index is 0.000000980. The van der Waals surface area contributed by atoms with Crippen LogP contribution in [0.2, 0.25) is 0 Å². The fourth-order valence-corrected chi connectivity index (χ4v) is 1.88. The van der Waals surface area contributed by atoms with Gasteiger partial charge in [0.15, 0.2) is 0 Å². The van der Waals surface area contributed by atoms with Crippen molar-refractivity contribution in [1.82, 2.24) is 0 Å². The Hall–Kier alpha value is -1.19. The molecule has 3 nitrogen and oxygen atoms in total. The van der Waals surface area contributed by atoms with E-state index in [1.807, 2.05) is 0 Å². The first kappa shape index (κ1) is 20.8. The van der Waals surface area contributed by atoms with Crippen LogP contribution in [-0.4, -0.2) is 34.4 Å². The molecule has 1 saturated carbocycles. The highest BCUT2D eigenvalue weighted by Crippen LogP contribution is 2.57. The van der Waals surface area contributed by atoms with E-state index in [-0.39, 0.29) is 0 Å². The predicted octanol–water partition coefficient (Wildman–Crippen LogP) is 5.21. The van der Waals surface area contributed by atoms with Crippen LogP contribution in [-0.2, 0) is 0 Å². The summed E-state index contributed by atoms with van der Waals surface area (Å²) in [4.78, 5) is 8.56. The molecule has 0 radical (unpaired) electrons. The van der Waals surface area contributed by atoms with Crippen molar-refractivity contribution >= 4 is 17.8 Å². The molecule has 2 N–H and O–H groups in total. The Morgan fingerprint density at radius 1 is 1.09 bits per heavy atom.